The van der Waals surface area contributed by atoms with E-state index in [9.17, 15) is 0 Å². The molecular formula is C11H20N2O. The van der Waals surface area contributed by atoms with Crippen molar-refractivity contribution in [1.29, 1.82) is 0 Å². The SMILES string of the molecule is C1CCN([C@@H]2COC3(CNC3)C2)CC1. The molecule has 0 aromatic heterocycles. The van der Waals surface area contributed by atoms with Gasteiger partial charge in [-0.15, -0.1) is 0 Å². The van der Waals surface area contributed by atoms with Crippen molar-refractivity contribution < 1.29 is 4.74 Å². The van der Waals surface area contributed by atoms with E-state index in [4.69, 9.17) is 4.74 Å². The van der Waals surface area contributed by atoms with Crippen LogP contribution in [-0.2, 0) is 4.74 Å². The predicted octanol–water partition coefficient (Wildman–Crippen LogP) is 0.603. The maximum atomic E-state index is 5.94. The summed E-state index contributed by atoms with van der Waals surface area (Å²) in [5.41, 5.74) is 0.238. The smallest absolute Gasteiger partial charge is 0.0946 e. The van der Waals surface area contributed by atoms with Crippen molar-refractivity contribution in [3.05, 3.63) is 0 Å². The van der Waals surface area contributed by atoms with Gasteiger partial charge in [0.1, 0.15) is 0 Å². The molecule has 80 valence electrons. The molecular weight excluding hydrogens is 176 g/mol. The maximum absolute atomic E-state index is 5.94. The lowest BCUT2D eigenvalue weighted by Gasteiger charge is -2.39. The summed E-state index contributed by atoms with van der Waals surface area (Å²) in [6.07, 6.45) is 5.47. The van der Waals surface area contributed by atoms with Crippen LogP contribution < -0.4 is 5.32 Å². The minimum absolute atomic E-state index is 0.238. The van der Waals surface area contributed by atoms with E-state index in [2.05, 4.69) is 10.2 Å². The molecule has 3 heteroatoms. The monoisotopic (exact) mass is 196 g/mol. The van der Waals surface area contributed by atoms with Gasteiger partial charge in [-0.3, -0.25) is 4.90 Å². The van der Waals surface area contributed by atoms with Crippen LogP contribution in [0.25, 0.3) is 0 Å². The van der Waals surface area contributed by atoms with Gasteiger partial charge in [0.25, 0.3) is 0 Å². The first-order valence-corrected chi connectivity index (χ1v) is 5.97. The zero-order valence-electron chi connectivity index (χ0n) is 8.80. The Balaban J connectivity index is 1.58. The third-order valence-electron chi connectivity index (χ3n) is 3.99. The molecule has 3 aliphatic heterocycles. The number of ether oxygens (including phenoxy) is 1. The van der Waals surface area contributed by atoms with Gasteiger partial charge in [0, 0.05) is 19.1 Å². The fourth-order valence-electron chi connectivity index (χ4n) is 2.99. The number of nitrogens with one attached hydrogen (secondary N) is 1. The zero-order chi connectivity index (χ0) is 9.43. The van der Waals surface area contributed by atoms with E-state index < -0.39 is 0 Å². The molecule has 0 aliphatic carbocycles. The van der Waals surface area contributed by atoms with Crippen molar-refractivity contribution in [2.24, 2.45) is 0 Å². The van der Waals surface area contributed by atoms with Gasteiger partial charge in [-0.05, 0) is 32.4 Å². The average Bonchev–Trinajstić information content (AvgIpc) is 2.63. The minimum Gasteiger partial charge on any atom is -0.371 e. The third kappa shape index (κ3) is 1.47. The van der Waals surface area contributed by atoms with Crippen LogP contribution in [0.5, 0.6) is 0 Å². The molecule has 3 heterocycles. The number of nitrogens with zero attached hydrogens (tertiary/aromatic N) is 1. The van der Waals surface area contributed by atoms with Crippen LogP contribution in [0.3, 0.4) is 0 Å². The Bertz CT molecular complexity index is 209. The van der Waals surface area contributed by atoms with Crippen molar-refractivity contribution in [2.75, 3.05) is 32.8 Å². The Morgan fingerprint density at radius 1 is 1.14 bits per heavy atom. The number of rotatable bonds is 1. The molecule has 14 heavy (non-hydrogen) atoms. The lowest BCUT2D eigenvalue weighted by atomic mass is 9.91. The van der Waals surface area contributed by atoms with Crippen LogP contribution in [0.2, 0.25) is 0 Å². The summed E-state index contributed by atoms with van der Waals surface area (Å²) >= 11 is 0. The molecule has 0 bridgehead atoms. The zero-order valence-corrected chi connectivity index (χ0v) is 8.80. The first-order chi connectivity index (χ1) is 6.88. The number of hydrogen-bond donors (Lipinski definition) is 1. The van der Waals surface area contributed by atoms with E-state index in [0.717, 1.165) is 25.7 Å². The van der Waals surface area contributed by atoms with Gasteiger partial charge < -0.3 is 10.1 Å². The van der Waals surface area contributed by atoms with Gasteiger partial charge in [-0.1, -0.05) is 6.42 Å². The summed E-state index contributed by atoms with van der Waals surface area (Å²) < 4.78 is 5.94. The number of piperidine rings is 1. The van der Waals surface area contributed by atoms with Gasteiger partial charge in [0.2, 0.25) is 0 Å². The first-order valence-electron chi connectivity index (χ1n) is 5.97. The van der Waals surface area contributed by atoms with Gasteiger partial charge in [0.05, 0.1) is 12.2 Å². The molecule has 0 amide bonds. The van der Waals surface area contributed by atoms with Crippen LogP contribution in [0, 0.1) is 0 Å². The van der Waals surface area contributed by atoms with E-state index in [0.29, 0.717) is 0 Å². The first kappa shape index (κ1) is 9.13. The Labute approximate surface area is 85.8 Å². The van der Waals surface area contributed by atoms with Gasteiger partial charge in [-0.25, -0.2) is 0 Å². The molecule has 3 fully saturated rings. The summed E-state index contributed by atoms with van der Waals surface area (Å²) in [5.74, 6) is 0. The molecule has 0 aromatic carbocycles. The van der Waals surface area contributed by atoms with Gasteiger partial charge in [0.15, 0.2) is 0 Å². The molecule has 0 radical (unpaired) electrons. The van der Waals surface area contributed by atoms with E-state index >= 15 is 0 Å². The van der Waals surface area contributed by atoms with Crippen LogP contribution in [0.1, 0.15) is 25.7 Å². The second kappa shape index (κ2) is 3.47. The summed E-state index contributed by atoms with van der Waals surface area (Å²) in [4.78, 5) is 2.65. The third-order valence-corrected chi connectivity index (χ3v) is 3.99. The quantitative estimate of drug-likeness (QED) is 0.665. The molecule has 3 saturated heterocycles. The predicted molar refractivity (Wildman–Crippen MR) is 55.4 cm³/mol. The van der Waals surface area contributed by atoms with Crippen molar-refractivity contribution in [3.8, 4) is 0 Å². The molecule has 1 N–H and O–H groups in total. The number of likely N-dealkylation sites (tertiary alicyclic amines) is 1. The highest BCUT2D eigenvalue weighted by atomic mass is 16.5. The van der Waals surface area contributed by atoms with Crippen molar-refractivity contribution in [1.82, 2.24) is 10.2 Å². The van der Waals surface area contributed by atoms with Crippen LogP contribution in [0.4, 0.5) is 0 Å². The van der Waals surface area contributed by atoms with Crippen LogP contribution >= 0.6 is 0 Å². The van der Waals surface area contributed by atoms with Crippen molar-refractivity contribution in [2.45, 2.75) is 37.3 Å². The lowest BCUT2D eigenvalue weighted by Crippen LogP contribution is -2.59. The van der Waals surface area contributed by atoms with Crippen molar-refractivity contribution >= 4 is 0 Å². The van der Waals surface area contributed by atoms with E-state index in [1.165, 1.54) is 38.8 Å². The molecule has 1 atom stereocenters. The van der Waals surface area contributed by atoms with E-state index in [-0.39, 0.29) is 5.60 Å². The molecule has 1 spiro atoms. The number of hydrogen-bond acceptors (Lipinski definition) is 3. The lowest BCUT2D eigenvalue weighted by molar-refractivity contribution is -0.0367. The molecule has 3 rings (SSSR count). The second-order valence-corrected chi connectivity index (χ2v) is 5.05. The summed E-state index contributed by atoms with van der Waals surface area (Å²) in [6, 6.07) is 0.720. The van der Waals surface area contributed by atoms with Crippen molar-refractivity contribution in [3.63, 3.8) is 0 Å². The maximum Gasteiger partial charge on any atom is 0.0946 e. The average molecular weight is 196 g/mol. The second-order valence-electron chi connectivity index (χ2n) is 5.05. The van der Waals surface area contributed by atoms with Crippen LogP contribution in [-0.4, -0.2) is 49.3 Å². The molecule has 0 unspecified atom stereocenters. The standard InChI is InChI=1S/C11H20N2O/c1-2-4-13(5-3-1)10-6-11(14-7-10)8-12-9-11/h10,12H,1-9H2/t10-/m0/s1. The minimum atomic E-state index is 0.238. The molecule has 3 nitrogen and oxygen atoms in total. The Kier molecular flexibility index (Phi) is 2.26. The summed E-state index contributed by atoms with van der Waals surface area (Å²) in [5, 5.41) is 3.32. The molecule has 0 saturated carbocycles. The highest BCUT2D eigenvalue weighted by Crippen LogP contribution is 2.32. The Morgan fingerprint density at radius 3 is 2.50 bits per heavy atom. The van der Waals surface area contributed by atoms with Gasteiger partial charge in [-0.2, -0.15) is 0 Å². The highest BCUT2D eigenvalue weighted by Gasteiger charge is 2.46. The Hall–Kier alpha value is -0.120. The summed E-state index contributed by atoms with van der Waals surface area (Å²) in [6.45, 7) is 5.74. The fraction of sp³-hybridized carbons (Fsp3) is 1.00. The van der Waals surface area contributed by atoms with Crippen LogP contribution in [0.15, 0.2) is 0 Å². The fourth-order valence-corrected chi connectivity index (χ4v) is 2.99. The highest BCUT2D eigenvalue weighted by molar-refractivity contribution is 5.02. The normalized spacial score (nSPS) is 37.3. The van der Waals surface area contributed by atoms with Gasteiger partial charge >= 0.3 is 0 Å². The Morgan fingerprint density at radius 2 is 1.93 bits per heavy atom. The molecule has 3 aliphatic rings. The van der Waals surface area contributed by atoms with E-state index in [1.54, 1.807) is 0 Å². The van der Waals surface area contributed by atoms with E-state index in [1.807, 2.05) is 0 Å². The summed E-state index contributed by atoms with van der Waals surface area (Å²) in [7, 11) is 0. The molecule has 0 aromatic rings. The topological polar surface area (TPSA) is 24.5 Å². The largest absolute Gasteiger partial charge is 0.371 e.